The summed E-state index contributed by atoms with van der Waals surface area (Å²) >= 11 is 0. The van der Waals surface area contributed by atoms with E-state index in [0.717, 1.165) is 0 Å². The quantitative estimate of drug-likeness (QED) is 0.341. The summed E-state index contributed by atoms with van der Waals surface area (Å²) < 4.78 is 15.6. The Bertz CT molecular complexity index is 505. The number of hydrogen-bond acceptors (Lipinski definition) is 6. The minimum atomic E-state index is -1.38. The van der Waals surface area contributed by atoms with Crippen LogP contribution in [0.25, 0.3) is 0 Å². The van der Waals surface area contributed by atoms with Crippen LogP contribution in [-0.2, 0) is 28.6 Å². The molecule has 2 fully saturated rings. The van der Waals surface area contributed by atoms with Crippen LogP contribution in [0.3, 0.4) is 0 Å². The van der Waals surface area contributed by atoms with Crippen molar-refractivity contribution in [2.24, 2.45) is 11.3 Å². The van der Waals surface area contributed by atoms with E-state index < -0.39 is 28.9 Å². The van der Waals surface area contributed by atoms with Gasteiger partial charge < -0.3 is 14.2 Å². The highest BCUT2D eigenvalue weighted by molar-refractivity contribution is 6.01. The smallest absolute Gasteiger partial charge is 0.334 e. The zero-order valence-electron chi connectivity index (χ0n) is 13.3. The fourth-order valence-corrected chi connectivity index (χ4v) is 3.33. The average Bonchev–Trinajstić information content (AvgIpc) is 2.69. The fraction of sp³-hybridized carbons (Fsp3) is 0.688. The Kier molecular flexibility index (Phi) is 4.31. The standard InChI is InChI=1S/C16H22O6/c1-5-20-13(18)16(14(19)21-6-2)8-7-15(4)11(9-16)10(3)12(17)22-15/h11H,3,5-9H2,1-2,4H3. The SMILES string of the molecule is C=C1C(=O)OC2(C)CCC(C(=O)OCC)(C(=O)OCC)CC12. The molecule has 6 nitrogen and oxygen atoms in total. The molecule has 2 rings (SSSR count). The lowest BCUT2D eigenvalue weighted by atomic mass is 9.62. The molecule has 0 bridgehead atoms. The predicted octanol–water partition coefficient (Wildman–Crippen LogP) is 1.77. The van der Waals surface area contributed by atoms with Crippen LogP contribution in [0.1, 0.15) is 40.0 Å². The molecule has 122 valence electrons. The van der Waals surface area contributed by atoms with Gasteiger partial charge in [0, 0.05) is 11.5 Å². The maximum atomic E-state index is 12.4. The first-order valence-corrected chi connectivity index (χ1v) is 7.57. The van der Waals surface area contributed by atoms with Crippen LogP contribution in [0.5, 0.6) is 0 Å². The van der Waals surface area contributed by atoms with Crippen LogP contribution >= 0.6 is 0 Å². The molecule has 2 aliphatic rings. The average molecular weight is 310 g/mol. The molecule has 0 spiro atoms. The summed E-state index contributed by atoms with van der Waals surface area (Å²) in [6.07, 6.45) is 0.754. The normalized spacial score (nSPS) is 29.5. The van der Waals surface area contributed by atoms with E-state index in [9.17, 15) is 14.4 Å². The van der Waals surface area contributed by atoms with Gasteiger partial charge in [0.2, 0.25) is 0 Å². The summed E-state index contributed by atoms with van der Waals surface area (Å²) in [6, 6.07) is 0. The monoisotopic (exact) mass is 310 g/mol. The van der Waals surface area contributed by atoms with Crippen molar-refractivity contribution in [2.45, 2.75) is 45.6 Å². The van der Waals surface area contributed by atoms with Crippen LogP contribution in [0.2, 0.25) is 0 Å². The Morgan fingerprint density at radius 3 is 2.27 bits per heavy atom. The minimum absolute atomic E-state index is 0.131. The molecular weight excluding hydrogens is 288 g/mol. The Hall–Kier alpha value is -1.85. The van der Waals surface area contributed by atoms with Crippen molar-refractivity contribution in [3.05, 3.63) is 12.2 Å². The first kappa shape index (κ1) is 16.5. The Labute approximate surface area is 129 Å². The second-order valence-electron chi connectivity index (χ2n) is 6.01. The maximum absolute atomic E-state index is 12.4. The van der Waals surface area contributed by atoms with Gasteiger partial charge in [-0.1, -0.05) is 6.58 Å². The van der Waals surface area contributed by atoms with Gasteiger partial charge in [-0.25, -0.2) is 4.79 Å². The van der Waals surface area contributed by atoms with E-state index in [1.54, 1.807) is 13.8 Å². The lowest BCUT2D eigenvalue weighted by Gasteiger charge is -2.42. The van der Waals surface area contributed by atoms with Gasteiger partial charge in [-0.05, 0) is 40.0 Å². The summed E-state index contributed by atoms with van der Waals surface area (Å²) in [7, 11) is 0. The minimum Gasteiger partial charge on any atom is -0.465 e. The zero-order chi connectivity index (χ0) is 16.5. The summed E-state index contributed by atoms with van der Waals surface area (Å²) in [6.45, 7) is 9.30. The lowest BCUT2D eigenvalue weighted by Crippen LogP contribution is -2.51. The van der Waals surface area contributed by atoms with Crippen molar-refractivity contribution in [1.29, 1.82) is 0 Å². The molecule has 0 aromatic carbocycles. The first-order chi connectivity index (χ1) is 10.3. The van der Waals surface area contributed by atoms with E-state index >= 15 is 0 Å². The van der Waals surface area contributed by atoms with Gasteiger partial charge >= 0.3 is 17.9 Å². The second kappa shape index (κ2) is 5.74. The molecule has 22 heavy (non-hydrogen) atoms. The van der Waals surface area contributed by atoms with Crippen LogP contribution in [-0.4, -0.2) is 36.7 Å². The highest BCUT2D eigenvalue weighted by Gasteiger charge is 2.61. The molecule has 1 saturated heterocycles. The van der Waals surface area contributed by atoms with E-state index in [-0.39, 0.29) is 32.0 Å². The van der Waals surface area contributed by atoms with E-state index in [1.807, 2.05) is 6.92 Å². The largest absolute Gasteiger partial charge is 0.465 e. The fourth-order valence-electron chi connectivity index (χ4n) is 3.33. The van der Waals surface area contributed by atoms with E-state index in [1.165, 1.54) is 0 Å². The molecule has 6 heteroatoms. The van der Waals surface area contributed by atoms with Crippen LogP contribution in [0.4, 0.5) is 0 Å². The Morgan fingerprint density at radius 1 is 1.23 bits per heavy atom. The summed E-state index contributed by atoms with van der Waals surface area (Å²) in [5.41, 5.74) is -1.79. The zero-order valence-corrected chi connectivity index (χ0v) is 13.3. The Balaban J connectivity index is 2.36. The number of esters is 3. The third-order valence-electron chi connectivity index (χ3n) is 4.68. The van der Waals surface area contributed by atoms with Gasteiger partial charge in [-0.15, -0.1) is 0 Å². The maximum Gasteiger partial charge on any atom is 0.334 e. The van der Waals surface area contributed by atoms with Gasteiger partial charge in [-0.2, -0.15) is 0 Å². The highest BCUT2D eigenvalue weighted by atomic mass is 16.6. The molecule has 0 amide bonds. The second-order valence-corrected chi connectivity index (χ2v) is 6.01. The number of rotatable bonds is 4. The van der Waals surface area contributed by atoms with Crippen molar-refractivity contribution >= 4 is 17.9 Å². The molecule has 2 atom stereocenters. The molecule has 1 aliphatic carbocycles. The number of carbonyl (C=O) groups is 3. The van der Waals surface area contributed by atoms with Crippen molar-refractivity contribution in [3.8, 4) is 0 Å². The van der Waals surface area contributed by atoms with Crippen LogP contribution in [0, 0.1) is 11.3 Å². The van der Waals surface area contributed by atoms with Crippen molar-refractivity contribution < 1.29 is 28.6 Å². The van der Waals surface area contributed by atoms with E-state index in [0.29, 0.717) is 12.0 Å². The van der Waals surface area contributed by atoms with Gasteiger partial charge in [0.15, 0.2) is 5.41 Å². The summed E-state index contributed by atoms with van der Waals surface area (Å²) in [5.74, 6) is -2.04. The third kappa shape index (κ3) is 2.40. The van der Waals surface area contributed by atoms with Gasteiger partial charge in [0.25, 0.3) is 0 Å². The van der Waals surface area contributed by atoms with Crippen molar-refractivity contribution in [3.63, 3.8) is 0 Å². The number of fused-ring (bicyclic) bond motifs is 1. The van der Waals surface area contributed by atoms with Crippen LogP contribution < -0.4 is 0 Å². The number of carbonyl (C=O) groups excluding carboxylic acids is 3. The molecular formula is C16H22O6. The Morgan fingerprint density at radius 2 is 1.77 bits per heavy atom. The lowest BCUT2D eigenvalue weighted by molar-refractivity contribution is -0.180. The first-order valence-electron chi connectivity index (χ1n) is 7.57. The molecule has 0 N–H and O–H groups in total. The molecule has 0 radical (unpaired) electrons. The van der Waals surface area contributed by atoms with E-state index in [4.69, 9.17) is 14.2 Å². The highest BCUT2D eigenvalue weighted by Crippen LogP contribution is 2.53. The summed E-state index contributed by atoms with van der Waals surface area (Å²) in [4.78, 5) is 36.7. The van der Waals surface area contributed by atoms with Crippen molar-refractivity contribution in [1.82, 2.24) is 0 Å². The molecule has 1 heterocycles. The van der Waals surface area contributed by atoms with Crippen LogP contribution in [0.15, 0.2) is 12.2 Å². The third-order valence-corrected chi connectivity index (χ3v) is 4.68. The van der Waals surface area contributed by atoms with E-state index in [2.05, 4.69) is 6.58 Å². The van der Waals surface area contributed by atoms with Gasteiger partial charge in [0.05, 0.1) is 13.2 Å². The van der Waals surface area contributed by atoms with Gasteiger partial charge in [0.1, 0.15) is 5.60 Å². The number of ether oxygens (including phenoxy) is 3. The summed E-state index contributed by atoms with van der Waals surface area (Å²) in [5, 5.41) is 0. The molecule has 0 aromatic rings. The predicted molar refractivity (Wildman–Crippen MR) is 76.7 cm³/mol. The van der Waals surface area contributed by atoms with Gasteiger partial charge in [-0.3, -0.25) is 9.59 Å². The number of hydrogen-bond donors (Lipinski definition) is 0. The molecule has 1 saturated carbocycles. The molecule has 2 unspecified atom stereocenters. The van der Waals surface area contributed by atoms with Crippen molar-refractivity contribution in [2.75, 3.05) is 13.2 Å². The topological polar surface area (TPSA) is 78.9 Å². The molecule has 1 aliphatic heterocycles. The molecule has 0 aromatic heterocycles.